The molecule has 0 saturated heterocycles. The third-order valence-corrected chi connectivity index (χ3v) is 6.51. The molecule has 0 atom stereocenters. The summed E-state index contributed by atoms with van der Waals surface area (Å²) in [5, 5.41) is 9.05. The molecule has 2 aromatic rings. The number of carbonyl (C=O) groups excluding carboxylic acids is 1. The molecule has 0 bridgehead atoms. The molecule has 3 rings (SSSR count). The first-order valence-electron chi connectivity index (χ1n) is 10.1. The van der Waals surface area contributed by atoms with Crippen LogP contribution in [0.5, 0.6) is 0 Å². The number of nitrogens with two attached hydrogens (primary N) is 2. The Hall–Kier alpha value is -1.69. The summed E-state index contributed by atoms with van der Waals surface area (Å²) in [4.78, 5) is 15.3. The maximum atomic E-state index is 12.0. The number of hydrogen-bond donors (Lipinski definition) is 3. The topological polar surface area (TPSA) is 125 Å². The number of nitrogens with zero attached hydrogens (tertiary/aromatic N) is 3. The summed E-state index contributed by atoms with van der Waals surface area (Å²) >= 11 is 2.28. The van der Waals surface area contributed by atoms with Gasteiger partial charge in [-0.1, -0.05) is 5.21 Å². The first kappa shape index (κ1) is 23.0. The van der Waals surface area contributed by atoms with Crippen molar-refractivity contribution in [2.45, 2.75) is 76.0 Å². The van der Waals surface area contributed by atoms with Crippen LogP contribution in [0.4, 0.5) is 5.82 Å². The summed E-state index contributed by atoms with van der Waals surface area (Å²) in [6, 6.07) is 0. The Morgan fingerprint density at radius 2 is 2.17 bits per heavy atom. The van der Waals surface area contributed by atoms with Crippen LogP contribution in [0.2, 0.25) is 0 Å². The van der Waals surface area contributed by atoms with E-state index in [2.05, 4.69) is 36.5 Å². The number of rotatable bonds is 9. The Morgan fingerprint density at radius 1 is 1.43 bits per heavy atom. The Bertz CT molecular complexity index is 926. The molecule has 0 aromatic carbocycles. The number of esters is 1. The number of unbranched alkanes of at least 4 members (excludes halogenated alkanes) is 1. The average Bonchev–Trinajstić information content (AvgIpc) is 3.29. The van der Waals surface area contributed by atoms with E-state index >= 15 is 0 Å². The molecule has 164 valence electrons. The number of allylic oxidation sites excluding steroid dienone is 1. The number of nitrogen functional groups attached to an aromatic ring is 1. The lowest BCUT2D eigenvalue weighted by Crippen LogP contribution is -2.24. The molecule has 0 aliphatic heterocycles. The van der Waals surface area contributed by atoms with E-state index in [0.717, 1.165) is 35.5 Å². The third kappa shape index (κ3) is 6.16. The summed E-state index contributed by atoms with van der Waals surface area (Å²) in [6.45, 7) is 6.13. The zero-order chi connectivity index (χ0) is 21.9. The predicted octanol–water partition coefficient (Wildman–Crippen LogP) is 4.63. The monoisotopic (exact) mass is 544 g/mol. The molecule has 10 heteroatoms. The normalized spacial score (nSPS) is 14.9. The van der Waals surface area contributed by atoms with Crippen molar-refractivity contribution < 1.29 is 9.53 Å². The van der Waals surface area contributed by atoms with Gasteiger partial charge in [-0.2, -0.15) is 0 Å². The van der Waals surface area contributed by atoms with Crippen molar-refractivity contribution in [1.29, 1.82) is 0 Å². The number of anilines is 1. The minimum Gasteiger partial charge on any atom is -0.455 e. The zero-order valence-electron chi connectivity index (χ0n) is 17.6. The van der Waals surface area contributed by atoms with Crippen LogP contribution in [0, 0.1) is 0 Å². The van der Waals surface area contributed by atoms with E-state index in [9.17, 15) is 4.79 Å². The molecule has 2 aromatic heterocycles. The van der Waals surface area contributed by atoms with Gasteiger partial charge in [-0.25, -0.2) is 4.79 Å². The lowest BCUT2D eigenvalue weighted by Gasteiger charge is -2.18. The van der Waals surface area contributed by atoms with Crippen LogP contribution in [0.25, 0.3) is 6.08 Å². The van der Waals surface area contributed by atoms with Crippen molar-refractivity contribution in [3.05, 3.63) is 28.7 Å². The van der Waals surface area contributed by atoms with Gasteiger partial charge in [0.05, 0.1) is 11.2 Å². The Balaban J connectivity index is 1.51. The predicted molar refractivity (Wildman–Crippen MR) is 128 cm³/mol. The van der Waals surface area contributed by atoms with Gasteiger partial charge in [-0.3, -0.25) is 4.68 Å². The standard InChI is InChI=1S/C20H29IN6O2S/c1-20(2,3)29-19(28)15-11-27(26-25-15)9-5-4-6-13(22)10-14-16(12-7-8-12)18(30-21)24-17(14)23/h10-12,24H,4-9,22-23H2,1-3H3/b13-10-. The maximum absolute atomic E-state index is 12.0. The highest BCUT2D eigenvalue weighted by atomic mass is 127. The van der Waals surface area contributed by atoms with Crippen molar-refractivity contribution in [2.24, 2.45) is 5.73 Å². The molecule has 1 aliphatic rings. The molecular formula is C20H29IN6O2S. The Labute approximate surface area is 193 Å². The van der Waals surface area contributed by atoms with Gasteiger partial charge in [-0.15, -0.1) is 5.10 Å². The van der Waals surface area contributed by atoms with Crippen LogP contribution < -0.4 is 11.5 Å². The largest absolute Gasteiger partial charge is 0.455 e. The Morgan fingerprint density at radius 3 is 2.80 bits per heavy atom. The van der Waals surface area contributed by atoms with Gasteiger partial charge in [0.25, 0.3) is 0 Å². The summed E-state index contributed by atoms with van der Waals surface area (Å²) in [7, 11) is 1.67. The minimum absolute atomic E-state index is 0.226. The number of nitrogens with one attached hydrogen (secondary N) is 1. The minimum atomic E-state index is -0.552. The van der Waals surface area contributed by atoms with Crippen LogP contribution in [-0.4, -0.2) is 31.5 Å². The summed E-state index contributed by atoms with van der Waals surface area (Å²) < 4.78 is 6.97. The molecule has 5 N–H and O–H groups in total. The van der Waals surface area contributed by atoms with Gasteiger partial charge in [0.1, 0.15) is 11.4 Å². The molecule has 0 unspecified atom stereocenters. The van der Waals surface area contributed by atoms with Crippen molar-refractivity contribution in [3.8, 4) is 0 Å². The highest BCUT2D eigenvalue weighted by molar-refractivity contribution is 14.2. The van der Waals surface area contributed by atoms with Crippen LogP contribution in [0.1, 0.15) is 80.4 Å². The van der Waals surface area contributed by atoms with Gasteiger partial charge in [0.15, 0.2) is 5.69 Å². The number of aromatic nitrogens is 4. The van der Waals surface area contributed by atoms with Gasteiger partial charge in [0.2, 0.25) is 0 Å². The van der Waals surface area contributed by atoms with Gasteiger partial charge in [-0.05, 0) is 79.4 Å². The van der Waals surface area contributed by atoms with Crippen LogP contribution in [0.3, 0.4) is 0 Å². The van der Waals surface area contributed by atoms with Crippen molar-refractivity contribution in [3.63, 3.8) is 0 Å². The number of hydrogen-bond acceptors (Lipinski definition) is 7. The molecule has 0 amide bonds. The van der Waals surface area contributed by atoms with E-state index in [-0.39, 0.29) is 5.69 Å². The second-order valence-electron chi connectivity index (χ2n) is 8.59. The Kier molecular flexibility index (Phi) is 7.38. The van der Waals surface area contributed by atoms with E-state index in [1.54, 1.807) is 19.8 Å². The lowest BCUT2D eigenvalue weighted by molar-refractivity contribution is 0.00627. The first-order valence-corrected chi connectivity index (χ1v) is 13.4. The van der Waals surface area contributed by atoms with Crippen molar-refractivity contribution >= 4 is 48.0 Å². The highest BCUT2D eigenvalue weighted by Gasteiger charge is 2.31. The van der Waals surface area contributed by atoms with Gasteiger partial charge >= 0.3 is 5.97 Å². The summed E-state index contributed by atoms with van der Waals surface area (Å²) in [5.41, 5.74) is 15.3. The molecule has 2 heterocycles. The van der Waals surface area contributed by atoms with Crippen LogP contribution in [0.15, 0.2) is 16.9 Å². The molecular weight excluding hydrogens is 515 g/mol. The van der Waals surface area contributed by atoms with E-state index < -0.39 is 11.6 Å². The SMILES string of the molecule is CC(C)(C)OC(=O)c1cn(CCCC/C(N)=C/c2c(N)[nH]c(SI)c2C2CC2)nn1. The quantitative estimate of drug-likeness (QED) is 0.239. The summed E-state index contributed by atoms with van der Waals surface area (Å²) in [5.74, 6) is 0.832. The van der Waals surface area contributed by atoms with E-state index in [0.29, 0.717) is 18.3 Å². The second-order valence-corrected chi connectivity index (χ2v) is 10.5. The molecule has 1 fully saturated rings. The van der Waals surface area contributed by atoms with E-state index in [1.165, 1.54) is 18.4 Å². The average molecular weight is 544 g/mol. The number of H-pyrrole nitrogens is 1. The molecule has 0 radical (unpaired) electrons. The molecule has 1 saturated carbocycles. The number of aryl methyl sites for hydroxylation is 1. The van der Waals surface area contributed by atoms with Gasteiger partial charge in [0, 0.05) is 39.0 Å². The fraction of sp³-hybridized carbons (Fsp3) is 0.550. The summed E-state index contributed by atoms with van der Waals surface area (Å²) in [6.07, 6.45) is 8.62. The smallest absolute Gasteiger partial charge is 0.361 e. The molecule has 30 heavy (non-hydrogen) atoms. The van der Waals surface area contributed by atoms with Crippen LogP contribution >= 0.6 is 30.1 Å². The number of ether oxygens (including phenoxy) is 1. The fourth-order valence-corrected chi connectivity index (χ4v) is 4.76. The van der Waals surface area contributed by atoms with E-state index in [1.807, 2.05) is 26.8 Å². The maximum Gasteiger partial charge on any atom is 0.361 e. The number of carbonyl (C=O) groups is 1. The molecule has 0 spiro atoms. The first-order chi connectivity index (χ1) is 14.2. The second kappa shape index (κ2) is 9.63. The van der Waals surface area contributed by atoms with Crippen LogP contribution in [-0.2, 0) is 11.3 Å². The number of aromatic amines is 1. The molecule has 8 nitrogen and oxygen atoms in total. The zero-order valence-corrected chi connectivity index (χ0v) is 20.5. The van der Waals surface area contributed by atoms with Crippen molar-refractivity contribution in [2.75, 3.05) is 5.73 Å². The number of halogens is 1. The van der Waals surface area contributed by atoms with Crippen molar-refractivity contribution in [1.82, 2.24) is 20.0 Å². The van der Waals surface area contributed by atoms with Gasteiger partial charge < -0.3 is 21.2 Å². The lowest BCUT2D eigenvalue weighted by atomic mass is 10.1. The fourth-order valence-electron chi connectivity index (χ4n) is 3.21. The van der Waals surface area contributed by atoms with E-state index in [4.69, 9.17) is 16.2 Å². The molecule has 1 aliphatic carbocycles. The third-order valence-electron chi connectivity index (χ3n) is 4.71. The highest BCUT2D eigenvalue weighted by Crippen LogP contribution is 2.49.